The van der Waals surface area contributed by atoms with Crippen LogP contribution in [0.1, 0.15) is 11.1 Å². The van der Waals surface area contributed by atoms with Crippen molar-refractivity contribution in [1.82, 2.24) is 5.43 Å². The van der Waals surface area contributed by atoms with Gasteiger partial charge < -0.3 is 20.5 Å². The lowest BCUT2D eigenvalue weighted by Crippen LogP contribution is -2.32. The van der Waals surface area contributed by atoms with Crippen LogP contribution < -0.4 is 25.9 Å². The van der Waals surface area contributed by atoms with E-state index in [1.54, 1.807) is 30.3 Å². The van der Waals surface area contributed by atoms with Gasteiger partial charge in [0.15, 0.2) is 18.1 Å². The van der Waals surface area contributed by atoms with Crippen molar-refractivity contribution in [3.63, 3.8) is 0 Å². The van der Waals surface area contributed by atoms with Gasteiger partial charge in [-0.2, -0.15) is 5.10 Å². The Balaban J connectivity index is 1.93. The van der Waals surface area contributed by atoms with E-state index < -0.39 is 17.7 Å². The quantitative estimate of drug-likeness (QED) is 0.372. The van der Waals surface area contributed by atoms with Gasteiger partial charge in [-0.05, 0) is 42.8 Å². The second kappa shape index (κ2) is 9.72. The average Bonchev–Trinajstić information content (AvgIpc) is 2.68. The fourth-order valence-electron chi connectivity index (χ4n) is 2.07. The number of hydrogen-bond donors (Lipinski definition) is 3. The van der Waals surface area contributed by atoms with Crippen LogP contribution in [0.25, 0.3) is 0 Å². The smallest absolute Gasteiger partial charge is 0.329 e. The first kappa shape index (κ1) is 20.4. The molecule has 2 rings (SSSR count). The number of carbonyl (C=O) groups is 3. The van der Waals surface area contributed by atoms with Crippen molar-refractivity contribution in [2.45, 2.75) is 6.92 Å². The van der Waals surface area contributed by atoms with Crippen molar-refractivity contribution < 1.29 is 23.9 Å². The molecule has 0 aliphatic carbocycles. The molecule has 0 heterocycles. The first-order valence-electron chi connectivity index (χ1n) is 8.19. The van der Waals surface area contributed by atoms with Crippen molar-refractivity contribution in [2.24, 2.45) is 10.8 Å². The molecule has 0 unspecified atom stereocenters. The van der Waals surface area contributed by atoms with Gasteiger partial charge in [0.1, 0.15) is 0 Å². The number of aryl methyl sites for hydroxylation is 1. The molecule has 9 heteroatoms. The summed E-state index contributed by atoms with van der Waals surface area (Å²) < 4.78 is 10.4. The number of anilines is 1. The van der Waals surface area contributed by atoms with Crippen molar-refractivity contribution in [3.05, 3.63) is 53.6 Å². The normalized spacial score (nSPS) is 10.4. The molecule has 0 saturated carbocycles. The van der Waals surface area contributed by atoms with Crippen LogP contribution in [0.4, 0.5) is 5.69 Å². The van der Waals surface area contributed by atoms with Gasteiger partial charge >= 0.3 is 11.8 Å². The number of nitrogens with zero attached hydrogens (tertiary/aromatic N) is 1. The molecule has 4 N–H and O–H groups in total. The summed E-state index contributed by atoms with van der Waals surface area (Å²) in [7, 11) is 1.44. The average molecular weight is 384 g/mol. The third-order valence-corrected chi connectivity index (χ3v) is 3.45. The third kappa shape index (κ3) is 6.13. The summed E-state index contributed by atoms with van der Waals surface area (Å²) in [6.45, 7) is 1.63. The Bertz CT molecular complexity index is 894. The summed E-state index contributed by atoms with van der Waals surface area (Å²) in [5.74, 6) is -1.67. The number of carbonyl (C=O) groups excluding carboxylic acids is 3. The maximum Gasteiger partial charge on any atom is 0.329 e. The minimum absolute atomic E-state index is 0.282. The molecule has 0 spiro atoms. The number of nitrogens with two attached hydrogens (primary N) is 1. The molecule has 0 aliphatic heterocycles. The molecule has 0 atom stereocenters. The fraction of sp³-hybridized carbons (Fsp3) is 0.158. The molecule has 2 aromatic carbocycles. The highest BCUT2D eigenvalue weighted by Crippen LogP contribution is 2.27. The van der Waals surface area contributed by atoms with Gasteiger partial charge in [0.2, 0.25) is 0 Å². The van der Waals surface area contributed by atoms with E-state index in [1.165, 1.54) is 13.3 Å². The van der Waals surface area contributed by atoms with Crippen LogP contribution in [-0.2, 0) is 14.4 Å². The van der Waals surface area contributed by atoms with Gasteiger partial charge in [-0.3, -0.25) is 14.4 Å². The van der Waals surface area contributed by atoms with Gasteiger partial charge in [-0.1, -0.05) is 17.7 Å². The van der Waals surface area contributed by atoms with Crippen molar-refractivity contribution in [2.75, 3.05) is 19.0 Å². The molecular weight excluding hydrogens is 364 g/mol. The molecule has 0 aromatic heterocycles. The van der Waals surface area contributed by atoms with Gasteiger partial charge in [0.25, 0.3) is 5.91 Å². The van der Waals surface area contributed by atoms with E-state index in [9.17, 15) is 14.4 Å². The molecule has 0 bridgehead atoms. The van der Waals surface area contributed by atoms with Gasteiger partial charge in [-0.25, -0.2) is 5.43 Å². The number of ether oxygens (including phenoxy) is 2. The molecule has 0 aliphatic rings. The van der Waals surface area contributed by atoms with E-state index in [4.69, 9.17) is 15.2 Å². The third-order valence-electron chi connectivity index (χ3n) is 3.45. The van der Waals surface area contributed by atoms with Crippen molar-refractivity contribution in [3.8, 4) is 11.5 Å². The zero-order chi connectivity index (χ0) is 20.5. The largest absolute Gasteiger partial charge is 0.493 e. The number of primary amides is 1. The lowest BCUT2D eigenvalue weighted by molar-refractivity contribution is -0.136. The monoisotopic (exact) mass is 384 g/mol. The van der Waals surface area contributed by atoms with E-state index in [1.807, 2.05) is 19.1 Å². The number of hydrazone groups is 1. The lowest BCUT2D eigenvalue weighted by atomic mass is 10.2. The number of hydrogen-bond acceptors (Lipinski definition) is 6. The maximum atomic E-state index is 11.8. The van der Waals surface area contributed by atoms with E-state index >= 15 is 0 Å². The first-order valence-corrected chi connectivity index (χ1v) is 8.19. The number of benzene rings is 2. The summed E-state index contributed by atoms with van der Waals surface area (Å²) in [4.78, 5) is 34.4. The Morgan fingerprint density at radius 1 is 1.07 bits per heavy atom. The maximum absolute atomic E-state index is 11.8. The Morgan fingerprint density at radius 3 is 2.43 bits per heavy atom. The van der Waals surface area contributed by atoms with Crippen molar-refractivity contribution >= 4 is 29.6 Å². The SMILES string of the molecule is COc1cc(/C=N/NC(=O)C(=O)Nc2ccc(C)cc2)ccc1OCC(N)=O. The van der Waals surface area contributed by atoms with Crippen LogP contribution in [-0.4, -0.2) is 37.7 Å². The fourth-order valence-corrected chi connectivity index (χ4v) is 2.07. The summed E-state index contributed by atoms with van der Waals surface area (Å²) in [5.41, 5.74) is 9.29. The van der Waals surface area contributed by atoms with Gasteiger partial charge in [-0.15, -0.1) is 0 Å². The molecule has 146 valence electrons. The van der Waals surface area contributed by atoms with Crippen LogP contribution in [0.2, 0.25) is 0 Å². The van der Waals surface area contributed by atoms with Crippen LogP contribution in [0.15, 0.2) is 47.6 Å². The highest BCUT2D eigenvalue weighted by molar-refractivity contribution is 6.39. The second-order valence-electron chi connectivity index (χ2n) is 5.68. The van der Waals surface area contributed by atoms with E-state index in [0.717, 1.165) is 5.56 Å². The summed E-state index contributed by atoms with van der Waals surface area (Å²) in [5, 5.41) is 6.21. The number of methoxy groups -OCH3 is 1. The molecule has 2 aromatic rings. The standard InChI is InChI=1S/C19H20N4O5/c1-12-3-6-14(7-4-12)22-18(25)19(26)23-21-10-13-5-8-15(16(9-13)27-2)28-11-17(20)24/h3-10H,11H2,1-2H3,(H2,20,24)(H,22,25)(H,23,26)/b21-10+. The molecule has 28 heavy (non-hydrogen) atoms. The summed E-state index contributed by atoms with van der Waals surface area (Å²) >= 11 is 0. The minimum Gasteiger partial charge on any atom is -0.493 e. The van der Waals surface area contributed by atoms with Crippen LogP contribution in [0, 0.1) is 6.92 Å². The molecule has 0 fully saturated rings. The molecule has 0 saturated heterocycles. The minimum atomic E-state index is -0.912. The first-order chi connectivity index (χ1) is 13.4. The second-order valence-corrected chi connectivity index (χ2v) is 5.68. The topological polar surface area (TPSA) is 132 Å². The lowest BCUT2D eigenvalue weighted by Gasteiger charge is -2.09. The highest BCUT2D eigenvalue weighted by Gasteiger charge is 2.12. The molecule has 3 amide bonds. The van der Waals surface area contributed by atoms with E-state index in [-0.39, 0.29) is 6.61 Å². The molecule has 0 radical (unpaired) electrons. The number of nitrogens with one attached hydrogen (secondary N) is 2. The number of rotatable bonds is 7. The molecular formula is C19H20N4O5. The summed E-state index contributed by atoms with van der Waals surface area (Å²) in [6, 6.07) is 11.8. The van der Waals surface area contributed by atoms with Crippen molar-refractivity contribution in [1.29, 1.82) is 0 Å². The predicted molar refractivity (Wildman–Crippen MR) is 103 cm³/mol. The zero-order valence-electron chi connectivity index (χ0n) is 15.4. The summed E-state index contributed by atoms with van der Waals surface area (Å²) in [6.07, 6.45) is 1.33. The van der Waals surface area contributed by atoms with E-state index in [0.29, 0.717) is 22.7 Å². The Hall–Kier alpha value is -3.88. The molecule has 9 nitrogen and oxygen atoms in total. The van der Waals surface area contributed by atoms with Crippen LogP contribution in [0.3, 0.4) is 0 Å². The van der Waals surface area contributed by atoms with Gasteiger partial charge in [0.05, 0.1) is 13.3 Å². The van der Waals surface area contributed by atoms with Gasteiger partial charge in [0, 0.05) is 5.69 Å². The van der Waals surface area contributed by atoms with E-state index in [2.05, 4.69) is 15.8 Å². The Morgan fingerprint density at radius 2 is 1.79 bits per heavy atom. The van der Waals surface area contributed by atoms with Crippen LogP contribution >= 0.6 is 0 Å². The Kier molecular flexibility index (Phi) is 7.09. The predicted octanol–water partition coefficient (Wildman–Crippen LogP) is 0.957. The zero-order valence-corrected chi connectivity index (χ0v) is 15.4. The highest BCUT2D eigenvalue weighted by atomic mass is 16.5. The Labute approximate surface area is 161 Å². The van der Waals surface area contributed by atoms with Crippen LogP contribution in [0.5, 0.6) is 11.5 Å². The number of amides is 3.